The van der Waals surface area contributed by atoms with E-state index in [1.807, 2.05) is 18.7 Å². The van der Waals surface area contributed by atoms with Crippen LogP contribution in [0.3, 0.4) is 0 Å². The number of rotatable bonds is 3. The van der Waals surface area contributed by atoms with Gasteiger partial charge in [-0.1, -0.05) is 12.2 Å². The lowest BCUT2D eigenvalue weighted by atomic mass is 9.95. The van der Waals surface area contributed by atoms with Gasteiger partial charge >= 0.3 is 0 Å². The van der Waals surface area contributed by atoms with Crippen molar-refractivity contribution in [3.8, 4) is 0 Å². The number of hydrogen-bond acceptors (Lipinski definition) is 3. The fraction of sp³-hybridized carbons (Fsp3) is 0.750. The molecule has 1 heterocycles. The number of hydrazine groups is 1. The summed E-state index contributed by atoms with van der Waals surface area (Å²) >= 11 is 2.01. The van der Waals surface area contributed by atoms with Gasteiger partial charge in [-0.3, -0.25) is 11.3 Å². The normalized spacial score (nSPS) is 26.9. The lowest BCUT2D eigenvalue weighted by Gasteiger charge is -2.21. The third-order valence-electron chi connectivity index (χ3n) is 2.15. The third kappa shape index (κ3) is 2.22. The molecule has 1 saturated heterocycles. The molecule has 3 heteroatoms. The van der Waals surface area contributed by atoms with Gasteiger partial charge in [0.05, 0.1) is 0 Å². The van der Waals surface area contributed by atoms with Crippen LogP contribution in [-0.4, -0.2) is 17.5 Å². The Bertz CT molecular complexity index is 141. The highest BCUT2D eigenvalue weighted by molar-refractivity contribution is 7.99. The molecule has 0 aromatic carbocycles. The molecule has 2 atom stereocenters. The Balaban J connectivity index is 2.46. The minimum atomic E-state index is 0.324. The Kier molecular flexibility index (Phi) is 3.43. The molecule has 0 bridgehead atoms. The van der Waals surface area contributed by atoms with Crippen molar-refractivity contribution in [2.45, 2.75) is 19.4 Å². The van der Waals surface area contributed by atoms with Crippen molar-refractivity contribution in [2.24, 2.45) is 11.8 Å². The second-order valence-electron chi connectivity index (χ2n) is 3.11. The van der Waals surface area contributed by atoms with Gasteiger partial charge in [0.15, 0.2) is 0 Å². The highest BCUT2D eigenvalue weighted by Crippen LogP contribution is 2.28. The van der Waals surface area contributed by atoms with Gasteiger partial charge < -0.3 is 0 Å². The topological polar surface area (TPSA) is 38.0 Å². The average Bonchev–Trinajstić information content (AvgIpc) is 2.40. The molecular weight excluding hydrogens is 156 g/mol. The van der Waals surface area contributed by atoms with Gasteiger partial charge in [-0.25, -0.2) is 0 Å². The molecule has 0 amide bonds. The van der Waals surface area contributed by atoms with E-state index < -0.39 is 0 Å². The summed E-state index contributed by atoms with van der Waals surface area (Å²) in [5, 5.41) is 0. The van der Waals surface area contributed by atoms with Gasteiger partial charge in [-0.05, 0) is 30.8 Å². The summed E-state index contributed by atoms with van der Waals surface area (Å²) < 4.78 is 0. The summed E-state index contributed by atoms with van der Waals surface area (Å²) in [6, 6.07) is 0.324. The van der Waals surface area contributed by atoms with E-state index >= 15 is 0 Å². The fourth-order valence-corrected chi connectivity index (χ4v) is 2.79. The molecule has 1 fully saturated rings. The van der Waals surface area contributed by atoms with Crippen LogP contribution in [0.5, 0.6) is 0 Å². The SMILES string of the molecule is C=C(C)C(NN)C1CCSC1. The smallest absolute Gasteiger partial charge is 0.0450 e. The van der Waals surface area contributed by atoms with Crippen LogP contribution < -0.4 is 11.3 Å². The molecule has 0 saturated carbocycles. The van der Waals surface area contributed by atoms with Crippen LogP contribution in [0, 0.1) is 5.92 Å². The van der Waals surface area contributed by atoms with Crippen molar-refractivity contribution in [1.29, 1.82) is 0 Å². The van der Waals surface area contributed by atoms with Crippen molar-refractivity contribution in [1.82, 2.24) is 5.43 Å². The minimum absolute atomic E-state index is 0.324. The Morgan fingerprint density at radius 3 is 2.91 bits per heavy atom. The predicted octanol–water partition coefficient (Wildman–Crippen LogP) is 1.15. The lowest BCUT2D eigenvalue weighted by molar-refractivity contribution is 0.434. The van der Waals surface area contributed by atoms with Crippen molar-refractivity contribution in [3.05, 3.63) is 12.2 Å². The maximum absolute atomic E-state index is 5.43. The minimum Gasteiger partial charge on any atom is -0.271 e. The molecule has 3 N–H and O–H groups in total. The zero-order valence-corrected chi connectivity index (χ0v) is 7.79. The van der Waals surface area contributed by atoms with Crippen molar-refractivity contribution >= 4 is 11.8 Å². The molecule has 1 aliphatic heterocycles. The first-order valence-electron chi connectivity index (χ1n) is 3.95. The van der Waals surface area contributed by atoms with E-state index in [1.165, 1.54) is 17.9 Å². The maximum Gasteiger partial charge on any atom is 0.0450 e. The van der Waals surface area contributed by atoms with Crippen molar-refractivity contribution in [3.63, 3.8) is 0 Å². The van der Waals surface area contributed by atoms with Gasteiger partial charge in [0.2, 0.25) is 0 Å². The molecule has 64 valence electrons. The maximum atomic E-state index is 5.43. The van der Waals surface area contributed by atoms with E-state index in [-0.39, 0.29) is 0 Å². The second kappa shape index (κ2) is 4.14. The molecule has 0 aliphatic carbocycles. The van der Waals surface area contributed by atoms with Crippen LogP contribution in [0.1, 0.15) is 13.3 Å². The van der Waals surface area contributed by atoms with Crippen LogP contribution in [0.4, 0.5) is 0 Å². The molecule has 0 aromatic heterocycles. The number of nitrogens with two attached hydrogens (primary N) is 1. The highest BCUT2D eigenvalue weighted by atomic mass is 32.2. The number of thioether (sulfide) groups is 1. The molecule has 1 rings (SSSR count). The second-order valence-corrected chi connectivity index (χ2v) is 4.26. The average molecular weight is 172 g/mol. The van der Waals surface area contributed by atoms with E-state index in [4.69, 9.17) is 5.84 Å². The Labute approximate surface area is 72.6 Å². The number of nitrogens with one attached hydrogen (secondary N) is 1. The summed E-state index contributed by atoms with van der Waals surface area (Å²) in [6.45, 7) is 5.95. The van der Waals surface area contributed by atoms with Gasteiger partial charge in [-0.15, -0.1) is 0 Å². The summed E-state index contributed by atoms with van der Waals surface area (Å²) in [5.74, 6) is 8.63. The molecule has 11 heavy (non-hydrogen) atoms. The van der Waals surface area contributed by atoms with Gasteiger partial charge in [0, 0.05) is 6.04 Å². The van der Waals surface area contributed by atoms with Crippen LogP contribution in [0.2, 0.25) is 0 Å². The van der Waals surface area contributed by atoms with Crippen molar-refractivity contribution in [2.75, 3.05) is 11.5 Å². The van der Waals surface area contributed by atoms with E-state index in [0.717, 1.165) is 5.57 Å². The largest absolute Gasteiger partial charge is 0.271 e. The van der Waals surface area contributed by atoms with E-state index in [0.29, 0.717) is 12.0 Å². The van der Waals surface area contributed by atoms with E-state index in [2.05, 4.69) is 12.0 Å². The lowest BCUT2D eigenvalue weighted by Crippen LogP contribution is -2.41. The Morgan fingerprint density at radius 1 is 1.82 bits per heavy atom. The van der Waals surface area contributed by atoms with Crippen LogP contribution in [0.15, 0.2) is 12.2 Å². The van der Waals surface area contributed by atoms with Crippen molar-refractivity contribution < 1.29 is 0 Å². The third-order valence-corrected chi connectivity index (χ3v) is 3.34. The molecule has 0 spiro atoms. The molecule has 2 unspecified atom stereocenters. The number of hydrogen-bond donors (Lipinski definition) is 2. The summed E-state index contributed by atoms with van der Waals surface area (Å²) in [4.78, 5) is 0. The van der Waals surface area contributed by atoms with Crippen LogP contribution in [-0.2, 0) is 0 Å². The summed E-state index contributed by atoms with van der Waals surface area (Å²) in [6.07, 6.45) is 1.27. The Morgan fingerprint density at radius 2 is 2.55 bits per heavy atom. The quantitative estimate of drug-likeness (QED) is 0.381. The first-order chi connectivity index (χ1) is 5.25. The van der Waals surface area contributed by atoms with Crippen LogP contribution >= 0.6 is 11.8 Å². The van der Waals surface area contributed by atoms with Gasteiger partial charge in [0.1, 0.15) is 0 Å². The molecular formula is C8H16N2S. The zero-order chi connectivity index (χ0) is 8.27. The van der Waals surface area contributed by atoms with E-state index in [9.17, 15) is 0 Å². The Hall–Kier alpha value is 0.0100. The summed E-state index contributed by atoms with van der Waals surface area (Å²) in [7, 11) is 0. The molecule has 0 aromatic rings. The van der Waals surface area contributed by atoms with Crippen LogP contribution in [0.25, 0.3) is 0 Å². The van der Waals surface area contributed by atoms with Gasteiger partial charge in [0.25, 0.3) is 0 Å². The van der Waals surface area contributed by atoms with Gasteiger partial charge in [-0.2, -0.15) is 11.8 Å². The highest BCUT2D eigenvalue weighted by Gasteiger charge is 2.24. The van der Waals surface area contributed by atoms with E-state index in [1.54, 1.807) is 0 Å². The first kappa shape index (κ1) is 9.10. The summed E-state index contributed by atoms with van der Waals surface area (Å²) in [5.41, 5.74) is 3.98. The zero-order valence-electron chi connectivity index (χ0n) is 6.97. The molecule has 0 radical (unpaired) electrons. The fourth-order valence-electron chi connectivity index (χ4n) is 1.50. The first-order valence-corrected chi connectivity index (χ1v) is 5.10. The predicted molar refractivity (Wildman–Crippen MR) is 51.4 cm³/mol. The molecule has 2 nitrogen and oxygen atoms in total. The monoisotopic (exact) mass is 172 g/mol. The molecule has 1 aliphatic rings. The standard InChI is InChI=1S/C8H16N2S/c1-6(2)8(10-9)7-3-4-11-5-7/h7-8,10H,1,3-5,9H2,2H3.